The number of nitrogens with one attached hydrogen (secondary N) is 1. The molecule has 1 aliphatic rings. The molecule has 2 aromatic heterocycles. The number of anilines is 1. The molecule has 4 rings (SSSR count). The first-order valence-electron chi connectivity index (χ1n) is 8.28. The number of hydrogen-bond donors (Lipinski definition) is 2. The molecule has 134 valence electrons. The molecule has 1 aromatic carbocycles. The van der Waals surface area contributed by atoms with Crippen molar-refractivity contribution >= 4 is 28.8 Å². The molecule has 0 saturated heterocycles. The van der Waals surface area contributed by atoms with E-state index in [0.717, 1.165) is 11.2 Å². The zero-order chi connectivity index (χ0) is 18.4. The summed E-state index contributed by atoms with van der Waals surface area (Å²) in [4.78, 5) is 28.7. The maximum Gasteiger partial charge on any atom is 0.261 e. The number of primary amides is 1. The zero-order valence-corrected chi connectivity index (χ0v) is 14.4. The largest absolute Gasteiger partial charge is 0.489 e. The molecule has 9 nitrogen and oxygen atoms in total. The van der Waals surface area contributed by atoms with Gasteiger partial charge < -0.3 is 15.0 Å². The van der Waals surface area contributed by atoms with Crippen molar-refractivity contribution in [3.8, 4) is 5.75 Å². The van der Waals surface area contributed by atoms with Crippen LogP contribution in [0.25, 0.3) is 11.0 Å². The third kappa shape index (κ3) is 2.48. The fourth-order valence-electron chi connectivity index (χ4n) is 3.20. The first-order chi connectivity index (χ1) is 12.5. The Morgan fingerprint density at radius 3 is 2.92 bits per heavy atom. The van der Waals surface area contributed by atoms with Crippen LogP contribution in [-0.2, 0) is 20.0 Å². The summed E-state index contributed by atoms with van der Waals surface area (Å²) in [5.41, 5.74) is 8.21. The summed E-state index contributed by atoms with van der Waals surface area (Å²) >= 11 is 0. The van der Waals surface area contributed by atoms with Gasteiger partial charge in [-0.25, -0.2) is 4.98 Å². The number of aryl methyl sites for hydroxylation is 2. The minimum atomic E-state index is -0.555. The fourth-order valence-corrected chi connectivity index (χ4v) is 3.20. The van der Waals surface area contributed by atoms with Gasteiger partial charge in [-0.2, -0.15) is 5.10 Å². The van der Waals surface area contributed by atoms with Crippen molar-refractivity contribution in [2.24, 2.45) is 12.8 Å². The molecule has 0 atom stereocenters. The number of nitrogens with two attached hydrogens (primary N) is 1. The van der Waals surface area contributed by atoms with E-state index in [1.165, 1.54) is 0 Å². The number of imidazole rings is 1. The van der Waals surface area contributed by atoms with Crippen molar-refractivity contribution in [2.75, 3.05) is 11.9 Å². The number of ether oxygens (including phenoxy) is 1. The zero-order valence-electron chi connectivity index (χ0n) is 14.4. The van der Waals surface area contributed by atoms with Crippen LogP contribution in [0.4, 0.5) is 5.95 Å². The van der Waals surface area contributed by atoms with Crippen LogP contribution in [-0.4, -0.2) is 37.8 Å². The molecule has 3 aromatic rings. The van der Waals surface area contributed by atoms with Crippen molar-refractivity contribution in [1.29, 1.82) is 0 Å². The van der Waals surface area contributed by atoms with Crippen LogP contribution < -0.4 is 15.8 Å². The normalized spacial score (nSPS) is 12.8. The van der Waals surface area contributed by atoms with E-state index in [2.05, 4.69) is 15.4 Å². The number of rotatable bonds is 4. The molecule has 0 bridgehead atoms. The number of hydrogen-bond acceptors (Lipinski definition) is 5. The lowest BCUT2D eigenvalue weighted by molar-refractivity contribution is 0.0997. The van der Waals surface area contributed by atoms with Gasteiger partial charge in [-0.3, -0.25) is 19.6 Å². The highest BCUT2D eigenvalue weighted by atomic mass is 16.5. The Balaban J connectivity index is 1.77. The van der Waals surface area contributed by atoms with E-state index in [9.17, 15) is 9.59 Å². The Morgan fingerprint density at radius 1 is 1.38 bits per heavy atom. The van der Waals surface area contributed by atoms with E-state index < -0.39 is 5.91 Å². The summed E-state index contributed by atoms with van der Waals surface area (Å²) in [7, 11) is 1.78. The minimum absolute atomic E-state index is 0.273. The summed E-state index contributed by atoms with van der Waals surface area (Å²) in [6.45, 7) is 2.90. The molecule has 0 fully saturated rings. The molecule has 1 aliphatic heterocycles. The van der Waals surface area contributed by atoms with Gasteiger partial charge in [0.1, 0.15) is 17.9 Å². The lowest BCUT2D eigenvalue weighted by atomic mass is 10.1. The molecule has 9 heteroatoms. The van der Waals surface area contributed by atoms with Crippen molar-refractivity contribution in [1.82, 2.24) is 19.3 Å². The van der Waals surface area contributed by atoms with E-state index >= 15 is 0 Å². The van der Waals surface area contributed by atoms with Gasteiger partial charge >= 0.3 is 0 Å². The Morgan fingerprint density at radius 2 is 2.19 bits per heavy atom. The van der Waals surface area contributed by atoms with Crippen LogP contribution >= 0.6 is 0 Å². The molecule has 0 spiro atoms. The smallest absolute Gasteiger partial charge is 0.261 e. The van der Waals surface area contributed by atoms with E-state index in [1.807, 2.05) is 11.5 Å². The summed E-state index contributed by atoms with van der Waals surface area (Å²) < 4.78 is 9.12. The predicted molar refractivity (Wildman–Crippen MR) is 94.3 cm³/mol. The Hall–Kier alpha value is -3.36. The van der Waals surface area contributed by atoms with E-state index in [1.54, 1.807) is 30.1 Å². The van der Waals surface area contributed by atoms with Crippen LogP contribution in [0.5, 0.6) is 5.75 Å². The predicted octanol–water partition coefficient (Wildman–Crippen LogP) is 1.08. The quantitative estimate of drug-likeness (QED) is 0.727. The van der Waals surface area contributed by atoms with Crippen LogP contribution in [0.1, 0.15) is 33.3 Å². The summed E-state index contributed by atoms with van der Waals surface area (Å²) in [6, 6.07) is 3.20. The van der Waals surface area contributed by atoms with Crippen LogP contribution in [0.2, 0.25) is 0 Å². The monoisotopic (exact) mass is 354 g/mol. The van der Waals surface area contributed by atoms with Gasteiger partial charge in [-0.15, -0.1) is 0 Å². The molecule has 3 heterocycles. The van der Waals surface area contributed by atoms with Crippen LogP contribution in [0.3, 0.4) is 0 Å². The number of aromatic nitrogens is 4. The lowest BCUT2D eigenvalue weighted by Crippen LogP contribution is -2.20. The van der Waals surface area contributed by atoms with Gasteiger partial charge in [0.2, 0.25) is 11.9 Å². The molecular formula is C17H18N6O3. The summed E-state index contributed by atoms with van der Waals surface area (Å²) in [5, 5.41) is 7.14. The van der Waals surface area contributed by atoms with Gasteiger partial charge in [0, 0.05) is 18.8 Å². The SMILES string of the molecule is CCc1nn(C)cc1C(=O)Nc1nc2cc(C(N)=O)cc3c2n1CCO3. The van der Waals surface area contributed by atoms with Crippen molar-refractivity contribution in [3.05, 3.63) is 35.2 Å². The lowest BCUT2D eigenvalue weighted by Gasteiger charge is -2.18. The number of carbonyl (C=O) groups excluding carboxylic acids is 2. The number of carbonyl (C=O) groups is 2. The number of nitrogens with zero attached hydrogens (tertiary/aromatic N) is 4. The maximum atomic E-state index is 12.7. The van der Waals surface area contributed by atoms with Gasteiger partial charge in [0.25, 0.3) is 5.91 Å². The third-order valence-corrected chi connectivity index (χ3v) is 4.37. The Bertz CT molecular complexity index is 1050. The van der Waals surface area contributed by atoms with Gasteiger partial charge in [0.05, 0.1) is 23.3 Å². The maximum absolute atomic E-state index is 12.7. The number of benzene rings is 1. The first kappa shape index (κ1) is 16.1. The topological polar surface area (TPSA) is 117 Å². The number of amides is 2. The molecular weight excluding hydrogens is 336 g/mol. The van der Waals surface area contributed by atoms with Crippen LogP contribution in [0.15, 0.2) is 18.3 Å². The van der Waals surface area contributed by atoms with Crippen molar-refractivity contribution < 1.29 is 14.3 Å². The third-order valence-electron chi connectivity index (χ3n) is 4.37. The van der Waals surface area contributed by atoms with E-state index in [0.29, 0.717) is 47.9 Å². The van der Waals surface area contributed by atoms with Gasteiger partial charge in [-0.05, 0) is 18.6 Å². The fraction of sp³-hybridized carbons (Fsp3) is 0.294. The summed E-state index contributed by atoms with van der Waals surface area (Å²) in [5.74, 6) is 0.110. The average molecular weight is 354 g/mol. The molecule has 0 unspecified atom stereocenters. The van der Waals surface area contributed by atoms with Crippen LogP contribution in [0, 0.1) is 0 Å². The molecule has 2 amide bonds. The second-order valence-corrected chi connectivity index (χ2v) is 6.11. The van der Waals surface area contributed by atoms with E-state index in [-0.39, 0.29) is 5.91 Å². The van der Waals surface area contributed by atoms with Gasteiger partial charge in [-0.1, -0.05) is 6.92 Å². The van der Waals surface area contributed by atoms with Crippen molar-refractivity contribution in [3.63, 3.8) is 0 Å². The Labute approximate surface area is 148 Å². The van der Waals surface area contributed by atoms with Gasteiger partial charge in [0.15, 0.2) is 0 Å². The molecule has 26 heavy (non-hydrogen) atoms. The molecule has 3 N–H and O–H groups in total. The minimum Gasteiger partial charge on any atom is -0.489 e. The van der Waals surface area contributed by atoms with E-state index in [4.69, 9.17) is 10.5 Å². The molecule has 0 aliphatic carbocycles. The summed E-state index contributed by atoms with van der Waals surface area (Å²) in [6.07, 6.45) is 2.34. The average Bonchev–Trinajstić information content (AvgIpc) is 3.17. The highest BCUT2D eigenvalue weighted by Gasteiger charge is 2.23. The highest BCUT2D eigenvalue weighted by Crippen LogP contribution is 2.33. The molecule has 0 saturated carbocycles. The second-order valence-electron chi connectivity index (χ2n) is 6.11. The first-order valence-corrected chi connectivity index (χ1v) is 8.28. The Kier molecular flexibility index (Phi) is 3.64. The molecule has 0 radical (unpaired) electrons. The van der Waals surface area contributed by atoms with Crippen molar-refractivity contribution in [2.45, 2.75) is 19.9 Å². The highest BCUT2D eigenvalue weighted by molar-refractivity contribution is 6.05. The standard InChI is InChI=1S/C17H18N6O3/c1-3-11-10(8-22(2)21-11)16(25)20-17-19-12-6-9(15(18)24)7-13-14(12)23(17)4-5-26-13/h6-8H,3-5H2,1-2H3,(H2,18,24)(H,19,20,25). The second kappa shape index (κ2) is 5.87.